The van der Waals surface area contributed by atoms with Gasteiger partial charge in [-0.3, -0.25) is 4.98 Å². The Bertz CT molecular complexity index is 4420. The van der Waals surface area contributed by atoms with E-state index in [1.165, 1.54) is 19.2 Å². The molecule has 0 aromatic carbocycles. The van der Waals surface area contributed by atoms with Gasteiger partial charge in [0.2, 0.25) is 23.8 Å². The van der Waals surface area contributed by atoms with E-state index in [-0.39, 0.29) is 55.6 Å². The highest BCUT2D eigenvalue weighted by molar-refractivity contribution is 6.31. The van der Waals surface area contributed by atoms with Crippen LogP contribution in [0.3, 0.4) is 0 Å². The number of alkyl halides is 3. The fraction of sp³-hybridized carbons (Fsp3) is 0.527. The van der Waals surface area contributed by atoms with E-state index < -0.39 is 40.1 Å². The maximum absolute atomic E-state index is 13.3. The first-order valence-corrected chi connectivity index (χ1v) is 36.6. The summed E-state index contributed by atoms with van der Waals surface area (Å²) in [6, 6.07) is 10.0. The number of anilines is 10. The van der Waals surface area contributed by atoms with Crippen LogP contribution in [-0.2, 0) is 0 Å². The van der Waals surface area contributed by atoms with Crippen molar-refractivity contribution in [2.45, 2.75) is 220 Å². The van der Waals surface area contributed by atoms with Crippen molar-refractivity contribution in [3.8, 4) is 5.75 Å². The van der Waals surface area contributed by atoms with Crippen molar-refractivity contribution in [3.63, 3.8) is 0 Å². The molecular weight excluding hydrogens is 1410 g/mol. The monoisotopic (exact) mass is 1520 g/mol. The van der Waals surface area contributed by atoms with Crippen LogP contribution in [0.2, 0.25) is 5.02 Å². The van der Waals surface area contributed by atoms with Crippen molar-refractivity contribution in [1.29, 1.82) is 0 Å². The number of fused-ring (bicyclic) bond motifs is 5. The summed E-state index contributed by atoms with van der Waals surface area (Å²) in [6.07, 6.45) is 16.0. The molecule has 10 heterocycles. The molecule has 0 aliphatic carbocycles. The Kier molecular flexibility index (Phi) is 31.7. The van der Waals surface area contributed by atoms with Crippen LogP contribution in [0, 0.1) is 18.7 Å². The summed E-state index contributed by atoms with van der Waals surface area (Å²) >= 11 is 5.93. The number of nitrogen functional groups attached to an aromatic ring is 5. The first-order chi connectivity index (χ1) is 50.9. The number of nitrogens with one attached hydrogen (secondary N) is 5. The zero-order chi connectivity index (χ0) is 79.8. The lowest BCUT2D eigenvalue weighted by Crippen LogP contribution is -2.39. The van der Waals surface area contributed by atoms with E-state index in [2.05, 4.69) is 150 Å². The largest absolute Gasteiger partial charge is 0.495 e. The molecule has 10 aromatic rings. The van der Waals surface area contributed by atoms with Gasteiger partial charge >= 0.3 is 6.18 Å². The Morgan fingerprint density at radius 3 is 1.32 bits per heavy atom. The topological polar surface area (TPSA) is 454 Å². The molecule has 588 valence electrons. The van der Waals surface area contributed by atoms with Crippen LogP contribution in [0.5, 0.6) is 5.75 Å². The Morgan fingerprint density at radius 1 is 0.463 bits per heavy atom. The Balaban J connectivity index is 0.000000212. The molecule has 10 aromatic heterocycles. The number of unbranched alkanes of at least 4 members (excludes halogenated alkanes) is 5. The molecule has 29 nitrogen and oxygen atoms in total. The minimum absolute atomic E-state index is 0.00657. The van der Waals surface area contributed by atoms with Gasteiger partial charge in [-0.1, -0.05) is 104 Å². The minimum Gasteiger partial charge on any atom is -0.495 e. The maximum atomic E-state index is 13.3. The van der Waals surface area contributed by atoms with Crippen LogP contribution in [0.15, 0.2) is 67.4 Å². The molecule has 0 spiro atoms. The number of methoxy groups -OCH3 is 1. The zero-order valence-corrected chi connectivity index (χ0v) is 65.1. The molecule has 5 atom stereocenters. The van der Waals surface area contributed by atoms with E-state index in [0.29, 0.717) is 96.1 Å². The third-order valence-corrected chi connectivity index (χ3v) is 17.6. The molecule has 0 unspecified atom stereocenters. The van der Waals surface area contributed by atoms with E-state index in [1.54, 1.807) is 50.0 Å². The molecule has 18 N–H and O–H groups in total. The molecule has 0 fully saturated rings. The van der Waals surface area contributed by atoms with Crippen LogP contribution in [-0.4, -0.2) is 151 Å². The van der Waals surface area contributed by atoms with Gasteiger partial charge in [0, 0.05) is 35.6 Å². The average molecular weight is 1520 g/mol. The first kappa shape index (κ1) is 87.1. The summed E-state index contributed by atoms with van der Waals surface area (Å²) in [5.41, 5.74) is 32.9. The first-order valence-electron chi connectivity index (χ1n) is 36.2. The SMILES string of the molecule is CCCCC[C@@](C)(CO)Nc1nc(N)nc2cc(F)cnc12.CCCC[C@@](C)(CC[C@@H](C)C(F)(F)F)Nc1nc(N)nc2cccnc12.CCCC[C@@](C)(CO)Nc1nc(N)nc2cc(Cl)cnc12.CCCC[C@@](C)(CO)Nc1nc(N)nc2cc(N)cnc12.COc1cnc2c(NC(C)(C)C)nc(C)nc2c1. The average Bonchev–Trinajstić information content (AvgIpc) is 0.825. The smallest absolute Gasteiger partial charge is 0.391 e. The second-order valence-corrected chi connectivity index (χ2v) is 29.4. The number of aryl methyl sites for hydroxylation is 1. The van der Waals surface area contributed by atoms with Crippen molar-refractivity contribution in [2.75, 3.05) is 82.2 Å². The van der Waals surface area contributed by atoms with Crippen molar-refractivity contribution in [1.82, 2.24) is 74.8 Å². The fourth-order valence-electron chi connectivity index (χ4n) is 11.2. The number of aliphatic hydroxyl groups excluding tert-OH is 3. The molecule has 0 saturated carbocycles. The van der Waals surface area contributed by atoms with Gasteiger partial charge in [-0.05, 0) is 118 Å². The summed E-state index contributed by atoms with van der Waals surface area (Å²) < 4.78 is 57.1. The van der Waals surface area contributed by atoms with Crippen LogP contribution in [0.1, 0.15) is 185 Å². The Labute approximate surface area is 633 Å². The number of aliphatic hydroxyl groups is 3. The fourth-order valence-corrected chi connectivity index (χ4v) is 11.3. The van der Waals surface area contributed by atoms with Crippen molar-refractivity contribution < 1.29 is 37.6 Å². The molecule has 0 saturated heterocycles. The predicted molar refractivity (Wildman–Crippen MR) is 425 cm³/mol. The summed E-state index contributed by atoms with van der Waals surface area (Å²) in [5, 5.41) is 45.9. The van der Waals surface area contributed by atoms with Crippen molar-refractivity contribution in [3.05, 3.63) is 84.0 Å². The number of rotatable bonds is 29. The molecule has 108 heavy (non-hydrogen) atoms. The van der Waals surface area contributed by atoms with E-state index >= 15 is 0 Å². The second kappa shape index (κ2) is 39.3. The second-order valence-electron chi connectivity index (χ2n) is 29.0. The Hall–Kier alpha value is -9.86. The molecule has 34 heteroatoms. The van der Waals surface area contributed by atoms with Crippen LogP contribution in [0.4, 0.5) is 76.1 Å². The van der Waals surface area contributed by atoms with E-state index in [1.807, 2.05) is 40.7 Å². The quantitative estimate of drug-likeness (QED) is 0.0153. The Morgan fingerprint density at radius 2 is 0.861 bits per heavy atom. The third-order valence-electron chi connectivity index (χ3n) is 17.4. The van der Waals surface area contributed by atoms with Gasteiger partial charge in [0.25, 0.3) is 0 Å². The highest BCUT2D eigenvalue weighted by Crippen LogP contribution is 2.36. The summed E-state index contributed by atoms with van der Waals surface area (Å²) in [7, 11) is 1.62. The molecule has 10 rings (SSSR count). The highest BCUT2D eigenvalue weighted by Gasteiger charge is 2.38. The maximum Gasteiger partial charge on any atom is 0.391 e. The van der Waals surface area contributed by atoms with Gasteiger partial charge in [-0.25, -0.2) is 54.2 Å². The van der Waals surface area contributed by atoms with Gasteiger partial charge in [0.1, 0.15) is 45.0 Å². The molecular formula is C74H108ClF4N25O4. The molecule has 0 radical (unpaired) electrons. The number of halogens is 5. The van der Waals surface area contributed by atoms with Crippen molar-refractivity contribution in [2.24, 2.45) is 5.92 Å². The molecule has 0 aliphatic heterocycles. The lowest BCUT2D eigenvalue weighted by atomic mass is 9.86. The van der Waals surface area contributed by atoms with E-state index in [9.17, 15) is 32.9 Å². The summed E-state index contributed by atoms with van der Waals surface area (Å²) in [4.78, 5) is 63.3. The standard InChI is InChI=1S/C18H26F3N5.C15H22FN5O.C14H20ClN5O.C14H22N6O.C13H18N4O/c1-4-5-9-17(3,10-8-12(2)18(19,20)21)26-15-14-13(7-6-11-23-14)24-16(22)25-15;1-3-4-5-6-15(2,9-22)21-13-12-11(19-14(17)20-13)7-10(16)8-18-12;2*1-3-4-5-14(2,8-21)20-12-11-10(18-13(16)19-12)6-9(15)7-17-11;1-8-15-10-6-9(18-5)7-14-11(10)12(16-8)17-13(2,3)4/h6-7,11-12H,4-5,8-10H2,1-3H3,(H3,22,24,25,26);7-8,22H,3-6,9H2,1-2H3,(H3,17,19,20,21);6-7,21H,3-5,8H2,1-2H3,(H3,16,18,19,20);6-7,21H,3-5,8,15H2,1-2H3,(H3,16,18,19,20);6-7H,1-5H3,(H,15,16,17)/t12-,17+;15-;2*14-;/m1000./s1. The van der Waals surface area contributed by atoms with Gasteiger partial charge < -0.3 is 75.3 Å². The summed E-state index contributed by atoms with van der Waals surface area (Å²) in [6.45, 7) is 25.4. The minimum atomic E-state index is -4.18. The number of aromatic nitrogens is 15. The van der Waals surface area contributed by atoms with Gasteiger partial charge in [-0.2, -0.15) is 33.1 Å². The van der Waals surface area contributed by atoms with Gasteiger partial charge in [0.05, 0.1) is 106 Å². The molecule has 0 amide bonds. The number of nitrogens with zero attached hydrogens (tertiary/aromatic N) is 15. The normalized spacial score (nSPS) is 14.0. The number of hydrogen-bond donors (Lipinski definition) is 13. The van der Waals surface area contributed by atoms with Crippen LogP contribution in [0.25, 0.3) is 55.2 Å². The van der Waals surface area contributed by atoms with Crippen LogP contribution < -0.4 is 60.0 Å². The van der Waals surface area contributed by atoms with E-state index in [4.69, 9.17) is 45.0 Å². The molecule has 0 bridgehead atoms. The molecule has 0 aliphatic rings. The zero-order valence-electron chi connectivity index (χ0n) is 64.4. The lowest BCUT2D eigenvalue weighted by Gasteiger charge is -2.33. The number of ether oxygens (including phenoxy) is 1. The highest BCUT2D eigenvalue weighted by atomic mass is 35.5. The number of nitrogens with two attached hydrogens (primary N) is 5. The van der Waals surface area contributed by atoms with Crippen LogP contribution >= 0.6 is 11.6 Å². The summed E-state index contributed by atoms with van der Waals surface area (Å²) in [5.74, 6) is 2.68. The van der Waals surface area contributed by atoms with E-state index in [0.717, 1.165) is 107 Å². The predicted octanol–water partition coefficient (Wildman–Crippen LogP) is 14.1. The number of pyridine rings is 5. The lowest BCUT2D eigenvalue weighted by molar-refractivity contribution is -0.171. The number of hydrogen-bond acceptors (Lipinski definition) is 29. The van der Waals surface area contributed by atoms with Gasteiger partial charge in [0.15, 0.2) is 29.1 Å². The third kappa shape index (κ3) is 26.2. The van der Waals surface area contributed by atoms with Gasteiger partial charge in [-0.15, -0.1) is 0 Å². The van der Waals surface area contributed by atoms with Crippen molar-refractivity contribution >= 4 is 125 Å².